The second-order valence-corrected chi connectivity index (χ2v) is 4.27. The maximum Gasteiger partial charge on any atom is 0.313 e. The van der Waals surface area contributed by atoms with Gasteiger partial charge in [-0.05, 0) is 26.0 Å². The Hall–Kier alpha value is -1.55. The quantitative estimate of drug-likeness (QED) is 0.800. The number of carbonyl (C=O) groups excluding carboxylic acids is 1. The third-order valence-electron chi connectivity index (χ3n) is 2.72. The van der Waals surface area contributed by atoms with Crippen LogP contribution in [0.3, 0.4) is 0 Å². The topological polar surface area (TPSA) is 44.1 Å². The Morgan fingerprint density at radius 2 is 2.22 bits per heavy atom. The maximum absolute atomic E-state index is 11.5. The van der Waals surface area contributed by atoms with E-state index in [0.717, 1.165) is 17.6 Å². The van der Waals surface area contributed by atoms with E-state index >= 15 is 0 Å². The van der Waals surface area contributed by atoms with Crippen molar-refractivity contribution in [3.05, 3.63) is 29.0 Å². The summed E-state index contributed by atoms with van der Waals surface area (Å²) in [5.41, 5.74) is 1.68. The molecular weight excluding hydrogens is 252 g/mol. The molecule has 0 spiro atoms. The molecule has 0 unspecified atom stereocenters. The summed E-state index contributed by atoms with van der Waals surface area (Å²) in [6.45, 7) is 4.89. The summed E-state index contributed by atoms with van der Waals surface area (Å²) in [4.78, 5) is 16.0. The largest absolute Gasteiger partial charge is 0.466 e. The Labute approximate surface area is 111 Å². The minimum atomic E-state index is -0.265. The second kappa shape index (κ2) is 5.40. The smallest absolute Gasteiger partial charge is 0.313 e. The van der Waals surface area contributed by atoms with E-state index in [-0.39, 0.29) is 12.4 Å². The van der Waals surface area contributed by atoms with Crippen molar-refractivity contribution in [2.24, 2.45) is 0 Å². The maximum atomic E-state index is 11.5. The van der Waals surface area contributed by atoms with Gasteiger partial charge in [0.25, 0.3) is 0 Å². The first kappa shape index (κ1) is 12.9. The van der Waals surface area contributed by atoms with Crippen LogP contribution >= 0.6 is 11.6 Å². The standard InChI is InChI=1S/C13H15ClN2O2/c1-3-16-11(8-12(17)18-4-2)15-10-7-5-6-9(14)13(10)16/h5-7H,3-4,8H2,1-2H3. The molecule has 0 N–H and O–H groups in total. The van der Waals surface area contributed by atoms with Gasteiger partial charge >= 0.3 is 5.97 Å². The first-order chi connectivity index (χ1) is 8.67. The lowest BCUT2D eigenvalue weighted by Gasteiger charge is -2.06. The van der Waals surface area contributed by atoms with Crippen molar-refractivity contribution < 1.29 is 9.53 Å². The first-order valence-electron chi connectivity index (χ1n) is 5.96. The van der Waals surface area contributed by atoms with E-state index in [1.807, 2.05) is 29.7 Å². The lowest BCUT2D eigenvalue weighted by atomic mass is 10.3. The summed E-state index contributed by atoms with van der Waals surface area (Å²) in [7, 11) is 0. The van der Waals surface area contributed by atoms with Gasteiger partial charge in [-0.15, -0.1) is 0 Å². The first-order valence-corrected chi connectivity index (χ1v) is 6.34. The van der Waals surface area contributed by atoms with Crippen molar-refractivity contribution in [1.29, 1.82) is 0 Å². The van der Waals surface area contributed by atoms with E-state index < -0.39 is 0 Å². The van der Waals surface area contributed by atoms with Crippen LogP contribution in [0.15, 0.2) is 18.2 Å². The van der Waals surface area contributed by atoms with E-state index in [1.54, 1.807) is 6.92 Å². The molecule has 2 aromatic rings. The fourth-order valence-electron chi connectivity index (χ4n) is 2.01. The average Bonchev–Trinajstić information content (AvgIpc) is 2.68. The van der Waals surface area contributed by atoms with Gasteiger partial charge in [-0.2, -0.15) is 0 Å². The van der Waals surface area contributed by atoms with E-state index in [2.05, 4.69) is 4.98 Å². The zero-order valence-corrected chi connectivity index (χ0v) is 11.2. The highest BCUT2D eigenvalue weighted by atomic mass is 35.5. The molecule has 5 heteroatoms. The van der Waals surface area contributed by atoms with Gasteiger partial charge in [-0.25, -0.2) is 4.98 Å². The van der Waals surface area contributed by atoms with E-state index in [9.17, 15) is 4.79 Å². The van der Waals surface area contributed by atoms with Crippen LogP contribution in [0.25, 0.3) is 11.0 Å². The summed E-state index contributed by atoms with van der Waals surface area (Å²) in [5, 5.41) is 0.650. The molecule has 18 heavy (non-hydrogen) atoms. The Bertz CT molecular complexity index is 578. The fourth-order valence-corrected chi connectivity index (χ4v) is 2.28. The minimum Gasteiger partial charge on any atom is -0.466 e. The molecule has 1 heterocycles. The number of para-hydroxylation sites is 1. The van der Waals surface area contributed by atoms with E-state index in [0.29, 0.717) is 17.5 Å². The molecule has 1 aromatic carbocycles. The number of hydrogen-bond acceptors (Lipinski definition) is 3. The van der Waals surface area contributed by atoms with Gasteiger partial charge in [-0.3, -0.25) is 4.79 Å². The number of imidazole rings is 1. The van der Waals surface area contributed by atoms with Crippen LogP contribution in [0.1, 0.15) is 19.7 Å². The van der Waals surface area contributed by atoms with Crippen molar-refractivity contribution in [2.45, 2.75) is 26.8 Å². The van der Waals surface area contributed by atoms with Crippen molar-refractivity contribution in [2.75, 3.05) is 6.61 Å². The zero-order valence-electron chi connectivity index (χ0n) is 10.4. The molecule has 0 saturated heterocycles. The van der Waals surface area contributed by atoms with Crippen LogP contribution in [0.2, 0.25) is 5.02 Å². The van der Waals surface area contributed by atoms with Crippen LogP contribution in [0, 0.1) is 0 Å². The monoisotopic (exact) mass is 266 g/mol. The molecular formula is C13H15ClN2O2. The Balaban J connectivity index is 2.45. The van der Waals surface area contributed by atoms with Crippen LogP contribution in [0.4, 0.5) is 0 Å². The van der Waals surface area contributed by atoms with Crippen molar-refractivity contribution in [3.8, 4) is 0 Å². The van der Waals surface area contributed by atoms with Gasteiger partial charge in [0.05, 0.1) is 22.7 Å². The highest BCUT2D eigenvalue weighted by Crippen LogP contribution is 2.24. The average molecular weight is 267 g/mol. The number of hydrogen-bond donors (Lipinski definition) is 0. The molecule has 2 rings (SSSR count). The third kappa shape index (κ3) is 2.34. The molecule has 0 aliphatic carbocycles. The number of ether oxygens (including phenoxy) is 1. The molecule has 0 saturated carbocycles. The van der Waals surface area contributed by atoms with Crippen LogP contribution in [-0.2, 0) is 22.5 Å². The Morgan fingerprint density at radius 1 is 1.44 bits per heavy atom. The predicted octanol–water partition coefficient (Wildman–Crippen LogP) is 2.82. The van der Waals surface area contributed by atoms with Gasteiger partial charge in [0, 0.05) is 6.54 Å². The second-order valence-electron chi connectivity index (χ2n) is 3.86. The number of rotatable bonds is 4. The SMILES string of the molecule is CCOC(=O)Cc1nc2cccc(Cl)c2n1CC. The van der Waals surface area contributed by atoms with Crippen molar-refractivity contribution >= 4 is 28.6 Å². The van der Waals surface area contributed by atoms with Crippen molar-refractivity contribution in [1.82, 2.24) is 9.55 Å². The number of fused-ring (bicyclic) bond motifs is 1. The van der Waals surface area contributed by atoms with Crippen LogP contribution < -0.4 is 0 Å². The summed E-state index contributed by atoms with van der Waals surface area (Å²) >= 11 is 6.17. The number of aryl methyl sites for hydroxylation is 1. The summed E-state index contributed by atoms with van der Waals surface area (Å²) in [5.74, 6) is 0.428. The molecule has 4 nitrogen and oxygen atoms in total. The minimum absolute atomic E-state index is 0.173. The number of halogens is 1. The Morgan fingerprint density at radius 3 is 2.89 bits per heavy atom. The molecule has 96 valence electrons. The lowest BCUT2D eigenvalue weighted by molar-refractivity contribution is -0.142. The normalized spacial score (nSPS) is 10.8. The number of esters is 1. The molecule has 0 bridgehead atoms. The molecule has 0 atom stereocenters. The van der Waals surface area contributed by atoms with Gasteiger partial charge < -0.3 is 9.30 Å². The van der Waals surface area contributed by atoms with Crippen LogP contribution in [-0.4, -0.2) is 22.1 Å². The van der Waals surface area contributed by atoms with E-state index in [1.165, 1.54) is 0 Å². The third-order valence-corrected chi connectivity index (χ3v) is 3.03. The number of carbonyl (C=O) groups is 1. The molecule has 0 amide bonds. The van der Waals surface area contributed by atoms with Gasteiger partial charge in [0.1, 0.15) is 12.2 Å². The molecule has 0 fully saturated rings. The Kier molecular flexibility index (Phi) is 3.87. The van der Waals surface area contributed by atoms with Gasteiger partial charge in [0.2, 0.25) is 0 Å². The highest BCUT2D eigenvalue weighted by molar-refractivity contribution is 6.35. The van der Waals surface area contributed by atoms with Crippen LogP contribution in [0.5, 0.6) is 0 Å². The molecule has 0 radical (unpaired) electrons. The number of aromatic nitrogens is 2. The predicted molar refractivity (Wildman–Crippen MR) is 70.8 cm³/mol. The summed E-state index contributed by atoms with van der Waals surface area (Å²) in [6.07, 6.45) is 0.173. The van der Waals surface area contributed by atoms with E-state index in [4.69, 9.17) is 16.3 Å². The summed E-state index contributed by atoms with van der Waals surface area (Å²) < 4.78 is 6.90. The fraction of sp³-hybridized carbons (Fsp3) is 0.385. The molecule has 0 aliphatic heterocycles. The number of nitrogens with zero attached hydrogens (tertiary/aromatic N) is 2. The van der Waals surface area contributed by atoms with Crippen molar-refractivity contribution in [3.63, 3.8) is 0 Å². The zero-order chi connectivity index (χ0) is 13.1. The molecule has 1 aromatic heterocycles. The molecule has 0 aliphatic rings. The van der Waals surface area contributed by atoms with Gasteiger partial charge in [0.15, 0.2) is 0 Å². The number of benzene rings is 1. The lowest BCUT2D eigenvalue weighted by Crippen LogP contribution is -2.12. The summed E-state index contributed by atoms with van der Waals surface area (Å²) in [6, 6.07) is 5.57. The van der Waals surface area contributed by atoms with Gasteiger partial charge in [-0.1, -0.05) is 17.7 Å². The highest BCUT2D eigenvalue weighted by Gasteiger charge is 2.15.